The zero-order valence-electron chi connectivity index (χ0n) is 11.9. The Hall–Kier alpha value is -1.14. The van der Waals surface area contributed by atoms with E-state index in [0.717, 1.165) is 16.9 Å². The van der Waals surface area contributed by atoms with E-state index in [2.05, 4.69) is 0 Å². The van der Waals surface area contributed by atoms with Crippen molar-refractivity contribution in [2.45, 2.75) is 25.9 Å². The summed E-state index contributed by atoms with van der Waals surface area (Å²) >= 11 is 0. The van der Waals surface area contributed by atoms with Crippen molar-refractivity contribution in [3.8, 4) is 5.75 Å². The molecule has 0 aliphatic carbocycles. The molecule has 5 nitrogen and oxygen atoms in total. The molecule has 0 heterocycles. The zero-order valence-corrected chi connectivity index (χ0v) is 11.9. The molecule has 0 aliphatic heterocycles. The maximum Gasteiger partial charge on any atom is 0.119 e. The van der Waals surface area contributed by atoms with Crippen LogP contribution in [0.5, 0.6) is 5.75 Å². The van der Waals surface area contributed by atoms with E-state index in [1.807, 2.05) is 18.2 Å². The van der Waals surface area contributed by atoms with Crippen LogP contribution in [0.2, 0.25) is 0 Å². The number of aliphatic hydroxyl groups excluding tert-OH is 3. The molecule has 0 radical (unpaired) electrons. The average molecular weight is 284 g/mol. The minimum atomic E-state index is -0.469. The molecule has 0 aliphatic rings. The van der Waals surface area contributed by atoms with Crippen LogP contribution in [0, 0.1) is 0 Å². The molecule has 0 saturated heterocycles. The van der Waals surface area contributed by atoms with Crippen LogP contribution in [0.3, 0.4) is 0 Å². The minimum absolute atomic E-state index is 0.0688. The van der Waals surface area contributed by atoms with E-state index in [0.29, 0.717) is 32.7 Å². The fourth-order valence-electron chi connectivity index (χ4n) is 1.88. The van der Waals surface area contributed by atoms with E-state index >= 15 is 0 Å². The Balaban J connectivity index is 2.47. The first-order chi connectivity index (χ1) is 9.67. The van der Waals surface area contributed by atoms with Crippen LogP contribution in [0.15, 0.2) is 18.2 Å². The summed E-state index contributed by atoms with van der Waals surface area (Å²) in [6.07, 6.45) is 0.655. The molecule has 0 spiro atoms. The highest BCUT2D eigenvalue weighted by molar-refractivity contribution is 5.36. The van der Waals surface area contributed by atoms with Gasteiger partial charge in [0.05, 0.1) is 19.3 Å². The fraction of sp³-hybridized carbons (Fsp3) is 0.600. The molecule has 5 heteroatoms. The molecular formula is C15H24O5. The lowest BCUT2D eigenvalue weighted by molar-refractivity contribution is 0.0329. The SMILES string of the molecule is CC(O)COCCOc1ccc(CCO)c(CCO)c1. The van der Waals surface area contributed by atoms with E-state index < -0.39 is 6.10 Å². The molecule has 1 rings (SSSR count). The Kier molecular flexibility index (Phi) is 8.22. The minimum Gasteiger partial charge on any atom is -0.491 e. The topological polar surface area (TPSA) is 79.2 Å². The van der Waals surface area contributed by atoms with Crippen molar-refractivity contribution in [3.05, 3.63) is 29.3 Å². The summed E-state index contributed by atoms with van der Waals surface area (Å²) in [6.45, 7) is 2.95. The monoisotopic (exact) mass is 284 g/mol. The van der Waals surface area contributed by atoms with Gasteiger partial charge in [0.15, 0.2) is 0 Å². The largest absolute Gasteiger partial charge is 0.491 e. The highest BCUT2D eigenvalue weighted by atomic mass is 16.5. The molecule has 0 fully saturated rings. The second-order valence-corrected chi connectivity index (χ2v) is 4.65. The summed E-state index contributed by atoms with van der Waals surface area (Å²) in [7, 11) is 0. The smallest absolute Gasteiger partial charge is 0.119 e. The Labute approximate surface area is 119 Å². The van der Waals surface area contributed by atoms with Crippen molar-refractivity contribution in [3.63, 3.8) is 0 Å². The van der Waals surface area contributed by atoms with E-state index in [1.54, 1.807) is 6.92 Å². The molecule has 1 aromatic carbocycles. The summed E-state index contributed by atoms with van der Waals surface area (Å²) in [5, 5.41) is 27.1. The second kappa shape index (κ2) is 9.72. The van der Waals surface area contributed by atoms with Crippen LogP contribution >= 0.6 is 0 Å². The van der Waals surface area contributed by atoms with Gasteiger partial charge in [0, 0.05) is 13.2 Å². The third-order valence-corrected chi connectivity index (χ3v) is 2.80. The molecule has 1 aromatic rings. The molecule has 1 atom stereocenters. The molecule has 0 saturated carbocycles. The first-order valence-corrected chi connectivity index (χ1v) is 6.89. The number of aliphatic hydroxyl groups is 3. The molecule has 114 valence electrons. The highest BCUT2D eigenvalue weighted by Gasteiger charge is 2.05. The Morgan fingerprint density at radius 3 is 2.40 bits per heavy atom. The van der Waals surface area contributed by atoms with Crippen LogP contribution in [0.1, 0.15) is 18.1 Å². The van der Waals surface area contributed by atoms with Crippen LogP contribution in [-0.4, -0.2) is 54.5 Å². The van der Waals surface area contributed by atoms with Gasteiger partial charge in [0.1, 0.15) is 12.4 Å². The lowest BCUT2D eigenvalue weighted by Crippen LogP contribution is -2.14. The van der Waals surface area contributed by atoms with Crippen LogP contribution in [0.4, 0.5) is 0 Å². The maximum atomic E-state index is 9.05. The number of benzene rings is 1. The predicted octanol–water partition coefficient (Wildman–Crippen LogP) is 0.532. The van der Waals surface area contributed by atoms with E-state index in [4.69, 9.17) is 24.8 Å². The Morgan fingerprint density at radius 2 is 1.75 bits per heavy atom. The van der Waals surface area contributed by atoms with Gasteiger partial charge in [-0.05, 0) is 43.0 Å². The van der Waals surface area contributed by atoms with Crippen molar-refractivity contribution in [2.75, 3.05) is 33.0 Å². The molecule has 20 heavy (non-hydrogen) atoms. The molecule has 1 unspecified atom stereocenters. The normalized spacial score (nSPS) is 12.4. The Morgan fingerprint density at radius 1 is 1.05 bits per heavy atom. The summed E-state index contributed by atoms with van der Waals surface area (Å²) in [4.78, 5) is 0. The number of hydrogen-bond acceptors (Lipinski definition) is 5. The summed E-state index contributed by atoms with van der Waals surface area (Å²) in [5.41, 5.74) is 2.02. The quantitative estimate of drug-likeness (QED) is 0.546. The van der Waals surface area contributed by atoms with Gasteiger partial charge in [0.2, 0.25) is 0 Å². The lowest BCUT2D eigenvalue weighted by atomic mass is 10.0. The van der Waals surface area contributed by atoms with Gasteiger partial charge in [-0.1, -0.05) is 6.07 Å². The van der Waals surface area contributed by atoms with Crippen LogP contribution < -0.4 is 4.74 Å². The van der Waals surface area contributed by atoms with Crippen molar-refractivity contribution in [1.82, 2.24) is 0 Å². The van der Waals surface area contributed by atoms with Gasteiger partial charge in [-0.3, -0.25) is 0 Å². The number of ether oxygens (including phenoxy) is 2. The van der Waals surface area contributed by atoms with Gasteiger partial charge in [-0.15, -0.1) is 0 Å². The van der Waals surface area contributed by atoms with E-state index in [1.165, 1.54) is 0 Å². The summed E-state index contributed by atoms with van der Waals surface area (Å²) in [5.74, 6) is 0.718. The maximum absolute atomic E-state index is 9.05. The first kappa shape index (κ1) is 16.9. The average Bonchev–Trinajstić information content (AvgIpc) is 2.41. The van der Waals surface area contributed by atoms with Gasteiger partial charge in [-0.2, -0.15) is 0 Å². The van der Waals surface area contributed by atoms with Gasteiger partial charge in [-0.25, -0.2) is 0 Å². The third-order valence-electron chi connectivity index (χ3n) is 2.80. The standard InChI is InChI=1S/C15H24O5/c1-12(18)11-19-8-9-20-15-3-2-13(4-6-16)14(10-15)5-7-17/h2-3,10,12,16-18H,4-9,11H2,1H3. The summed E-state index contributed by atoms with van der Waals surface area (Å²) in [6, 6.07) is 5.64. The molecule has 3 N–H and O–H groups in total. The van der Waals surface area contributed by atoms with Crippen LogP contribution in [0.25, 0.3) is 0 Å². The third kappa shape index (κ3) is 6.34. The van der Waals surface area contributed by atoms with Crippen molar-refractivity contribution in [1.29, 1.82) is 0 Å². The molecule has 0 bridgehead atoms. The van der Waals surface area contributed by atoms with E-state index in [9.17, 15) is 0 Å². The van der Waals surface area contributed by atoms with Crippen molar-refractivity contribution in [2.24, 2.45) is 0 Å². The van der Waals surface area contributed by atoms with Crippen molar-refractivity contribution < 1.29 is 24.8 Å². The molecular weight excluding hydrogens is 260 g/mol. The van der Waals surface area contributed by atoms with Gasteiger partial charge in [0.25, 0.3) is 0 Å². The highest BCUT2D eigenvalue weighted by Crippen LogP contribution is 2.19. The first-order valence-electron chi connectivity index (χ1n) is 6.89. The van der Waals surface area contributed by atoms with Crippen LogP contribution in [-0.2, 0) is 17.6 Å². The second-order valence-electron chi connectivity index (χ2n) is 4.65. The van der Waals surface area contributed by atoms with Crippen molar-refractivity contribution >= 4 is 0 Å². The zero-order chi connectivity index (χ0) is 14.8. The Bertz CT molecular complexity index is 379. The van der Waals surface area contributed by atoms with E-state index in [-0.39, 0.29) is 13.2 Å². The fourth-order valence-corrected chi connectivity index (χ4v) is 1.88. The van der Waals surface area contributed by atoms with Gasteiger partial charge >= 0.3 is 0 Å². The molecule has 0 amide bonds. The predicted molar refractivity (Wildman–Crippen MR) is 76.0 cm³/mol. The summed E-state index contributed by atoms with van der Waals surface area (Å²) < 4.78 is 10.8. The lowest BCUT2D eigenvalue weighted by Gasteiger charge is -2.12. The van der Waals surface area contributed by atoms with Gasteiger partial charge < -0.3 is 24.8 Å². The number of rotatable bonds is 10. The number of hydrogen-bond donors (Lipinski definition) is 3. The molecule has 0 aromatic heterocycles.